The van der Waals surface area contributed by atoms with Crippen molar-refractivity contribution in [3.05, 3.63) is 91.4 Å². The van der Waals surface area contributed by atoms with Crippen molar-refractivity contribution in [2.24, 2.45) is 35.5 Å². The molecule has 4 saturated heterocycles. The highest BCUT2D eigenvalue weighted by Gasteiger charge is 2.43. The number of nitrogens with one attached hydrogen (secondary N) is 2. The number of carbonyl (C=O) groups excluding carboxylic acids is 2. The highest BCUT2D eigenvalue weighted by Crippen LogP contribution is 2.41. The number of amides is 2. The molecule has 2 aromatic carbocycles. The Labute approximate surface area is 492 Å². The zero-order valence-electron chi connectivity index (χ0n) is 46.5. The lowest BCUT2D eigenvalue weighted by Crippen LogP contribution is -2.54. The van der Waals surface area contributed by atoms with Crippen molar-refractivity contribution in [2.75, 3.05) is 88.3 Å². The highest BCUT2D eigenvalue weighted by molar-refractivity contribution is 6.35. The number of hydrogen-bond acceptors (Lipinski definition) is 12. The summed E-state index contributed by atoms with van der Waals surface area (Å²) in [5.41, 5.74) is -1.44. The van der Waals surface area contributed by atoms with Crippen molar-refractivity contribution in [3.8, 4) is 0 Å². The van der Waals surface area contributed by atoms with Gasteiger partial charge in [0, 0.05) is 97.4 Å². The van der Waals surface area contributed by atoms with Crippen LogP contribution in [0.15, 0.2) is 48.8 Å². The Kier molecular flexibility index (Phi) is 19.1. The van der Waals surface area contributed by atoms with Gasteiger partial charge in [-0.2, -0.15) is 36.5 Å². The van der Waals surface area contributed by atoms with Crippen molar-refractivity contribution in [1.82, 2.24) is 59.9 Å². The number of aromatic nitrogens is 8. The number of hydrogen-bond donors (Lipinski definition) is 2. The highest BCUT2D eigenvalue weighted by atomic mass is 35.5. The number of rotatable bonds is 16. The molecular formula is C56H68Cl4F6N14O2. The molecule has 4 atom stereocenters. The Morgan fingerprint density at radius 3 is 1.29 bits per heavy atom. The van der Waals surface area contributed by atoms with Crippen molar-refractivity contribution in [2.45, 2.75) is 91.7 Å². The lowest BCUT2D eigenvalue weighted by atomic mass is 9.80. The summed E-state index contributed by atoms with van der Waals surface area (Å²) in [5, 5.41) is 15.3. The smallest absolute Gasteiger partial charge is 0.355 e. The van der Waals surface area contributed by atoms with E-state index in [9.17, 15) is 35.9 Å². The van der Waals surface area contributed by atoms with E-state index in [1.165, 1.54) is 21.8 Å². The number of nitrogens with zero attached hydrogens (tertiary/aromatic N) is 12. The number of fused-ring (bicyclic) bond motifs is 2. The molecule has 4 aliphatic heterocycles. The van der Waals surface area contributed by atoms with E-state index >= 15 is 0 Å². The van der Waals surface area contributed by atoms with Crippen LogP contribution in [0.1, 0.15) is 102 Å². The SMILES string of the molecule is CC(C)C(=O)NCCN1CCCC(C2CN(c3cnc4c(C(F)(F)F)nn(C(C)c5ccc(Cl)cc5Cl)c4n3)C2)C1.CC(C)C(=O)NCCN1CCC[C@H](C2CN(c3cnc4c(C(F)(F)F)nn([C@H](C)c5ccc(Cl)cc5Cl)c4n3)C2)C1. The van der Waals surface area contributed by atoms with Crippen LogP contribution in [-0.4, -0.2) is 140 Å². The van der Waals surface area contributed by atoms with Crippen LogP contribution in [0.3, 0.4) is 0 Å². The molecule has 6 aromatic rings. The maximum atomic E-state index is 13.9. The molecule has 8 heterocycles. The lowest BCUT2D eigenvalue weighted by molar-refractivity contribution is -0.141. The molecule has 2 unspecified atom stereocenters. The molecule has 0 spiro atoms. The fourth-order valence-electron chi connectivity index (χ4n) is 11.4. The maximum Gasteiger partial charge on any atom is 0.437 e. The average molecular weight is 1230 g/mol. The monoisotopic (exact) mass is 1220 g/mol. The van der Waals surface area contributed by atoms with Gasteiger partial charge < -0.3 is 30.2 Å². The Hall–Kier alpha value is -5.26. The van der Waals surface area contributed by atoms with Crippen LogP contribution in [0.5, 0.6) is 0 Å². The van der Waals surface area contributed by atoms with Gasteiger partial charge in [-0.25, -0.2) is 29.3 Å². The normalized spacial score (nSPS) is 19.5. The average Bonchev–Trinajstić information content (AvgIpc) is 3.48. The van der Waals surface area contributed by atoms with Gasteiger partial charge in [-0.15, -0.1) is 0 Å². The molecule has 16 nitrogen and oxygen atoms in total. The molecule has 26 heteroatoms. The molecule has 4 fully saturated rings. The number of likely N-dealkylation sites (tertiary alicyclic amines) is 2. The van der Waals surface area contributed by atoms with Crippen molar-refractivity contribution >= 4 is 92.2 Å². The van der Waals surface area contributed by atoms with E-state index in [-0.39, 0.29) is 46.0 Å². The van der Waals surface area contributed by atoms with E-state index in [4.69, 9.17) is 46.4 Å². The summed E-state index contributed by atoms with van der Waals surface area (Å²) in [5.74, 6) is 3.12. The van der Waals surface area contributed by atoms with Gasteiger partial charge in [-0.3, -0.25) is 9.59 Å². The van der Waals surface area contributed by atoms with E-state index in [2.05, 4.69) is 60.4 Å². The molecule has 4 aliphatic rings. The molecule has 0 saturated carbocycles. The summed E-state index contributed by atoms with van der Waals surface area (Å²) in [6.07, 6.45) is -2.07. The molecular weight excluding hydrogens is 1160 g/mol. The topological polar surface area (TPSA) is 158 Å². The van der Waals surface area contributed by atoms with E-state index in [0.717, 1.165) is 91.1 Å². The molecule has 0 bridgehead atoms. The number of carbonyl (C=O) groups is 2. The molecule has 0 aliphatic carbocycles. The molecule has 82 heavy (non-hydrogen) atoms. The Morgan fingerprint density at radius 1 is 0.573 bits per heavy atom. The van der Waals surface area contributed by atoms with E-state index in [1.54, 1.807) is 50.2 Å². The van der Waals surface area contributed by atoms with Crippen LogP contribution in [-0.2, 0) is 21.9 Å². The van der Waals surface area contributed by atoms with Gasteiger partial charge in [0.15, 0.2) is 22.7 Å². The minimum absolute atomic E-state index is 0.0236. The Morgan fingerprint density at radius 2 is 0.951 bits per heavy atom. The number of benzene rings is 2. The van der Waals surface area contributed by atoms with E-state index in [1.807, 2.05) is 27.7 Å². The molecule has 444 valence electrons. The summed E-state index contributed by atoms with van der Waals surface area (Å²) in [6.45, 7) is 21.0. The Bertz CT molecular complexity index is 3030. The molecule has 0 radical (unpaired) electrons. The van der Waals surface area contributed by atoms with Gasteiger partial charge in [0.2, 0.25) is 11.8 Å². The zero-order valence-corrected chi connectivity index (χ0v) is 49.5. The first-order valence-electron chi connectivity index (χ1n) is 27.9. The van der Waals surface area contributed by atoms with Crippen LogP contribution >= 0.6 is 46.4 Å². The van der Waals surface area contributed by atoms with Gasteiger partial charge in [0.1, 0.15) is 22.7 Å². The Balaban J connectivity index is 0.000000198. The summed E-state index contributed by atoms with van der Waals surface area (Å²) in [4.78, 5) is 50.3. The van der Waals surface area contributed by atoms with Gasteiger partial charge in [0.05, 0.1) is 24.5 Å². The van der Waals surface area contributed by atoms with Gasteiger partial charge in [-0.1, -0.05) is 86.2 Å². The summed E-state index contributed by atoms with van der Waals surface area (Å²) in [7, 11) is 0. The second kappa shape index (κ2) is 25.5. The minimum Gasteiger partial charge on any atom is -0.355 e. The molecule has 10 rings (SSSR count). The van der Waals surface area contributed by atoms with E-state index in [0.29, 0.717) is 79.6 Å². The van der Waals surface area contributed by atoms with Crippen LogP contribution in [0.4, 0.5) is 38.0 Å². The van der Waals surface area contributed by atoms with Crippen LogP contribution in [0.25, 0.3) is 22.3 Å². The maximum absolute atomic E-state index is 13.9. The van der Waals surface area contributed by atoms with Crippen LogP contribution < -0.4 is 20.4 Å². The lowest BCUT2D eigenvalue weighted by Gasteiger charge is -2.47. The van der Waals surface area contributed by atoms with Crippen molar-refractivity contribution in [1.29, 1.82) is 0 Å². The van der Waals surface area contributed by atoms with E-state index < -0.39 is 35.8 Å². The molecule has 4 aromatic heterocycles. The summed E-state index contributed by atoms with van der Waals surface area (Å²) >= 11 is 24.8. The second-order valence-electron chi connectivity index (χ2n) is 22.7. The van der Waals surface area contributed by atoms with Gasteiger partial charge >= 0.3 is 12.4 Å². The number of halogens is 10. The third-order valence-electron chi connectivity index (χ3n) is 16.3. The molecule has 2 amide bonds. The number of anilines is 2. The standard InChI is InChI=1S/2C28H34Cl2F3N7O/c2*1-16(2)27(41)34-8-10-38-9-4-5-18(13-38)19-14-39(15-19)23-12-35-24-25(28(31,32)33)37-40(26(24)36-23)17(3)21-7-6-20(29)11-22(21)30/h2*6-7,11-12,16-19H,4-5,8-10,13-15H2,1-3H3,(H,34,41)/t17-,18+;/m1./s1. The largest absolute Gasteiger partial charge is 0.437 e. The van der Waals surface area contributed by atoms with Crippen molar-refractivity contribution in [3.63, 3.8) is 0 Å². The minimum atomic E-state index is -4.69. The first kappa shape index (κ1) is 61.3. The zero-order chi connectivity index (χ0) is 58.9. The fraction of sp³-hybridized carbons (Fsp3) is 0.571. The predicted octanol–water partition coefficient (Wildman–Crippen LogP) is 11.4. The fourth-order valence-corrected chi connectivity index (χ4v) is 12.5. The number of alkyl halides is 6. The third-order valence-corrected chi connectivity index (χ3v) is 17.4. The van der Waals surface area contributed by atoms with Crippen molar-refractivity contribution < 1.29 is 35.9 Å². The molecule has 2 N–H and O–H groups in total. The summed E-state index contributed by atoms with van der Waals surface area (Å²) < 4.78 is 85.8. The first-order valence-corrected chi connectivity index (χ1v) is 29.4. The van der Waals surface area contributed by atoms with Crippen LogP contribution in [0, 0.1) is 35.5 Å². The second-order valence-corrected chi connectivity index (χ2v) is 24.4. The number of piperidine rings is 2. The quantitative estimate of drug-likeness (QED) is 0.0885. The predicted molar refractivity (Wildman–Crippen MR) is 307 cm³/mol. The van der Waals surface area contributed by atoms with Crippen LogP contribution in [0.2, 0.25) is 20.1 Å². The van der Waals surface area contributed by atoms with Gasteiger partial charge in [0.25, 0.3) is 0 Å². The first-order chi connectivity index (χ1) is 38.8. The third kappa shape index (κ3) is 13.9. The summed E-state index contributed by atoms with van der Waals surface area (Å²) in [6, 6.07) is 8.48. The van der Waals surface area contributed by atoms with Gasteiger partial charge in [-0.05, 0) is 112 Å².